The number of hydrogen-bond acceptors (Lipinski definition) is 4. The van der Waals surface area contributed by atoms with Crippen molar-refractivity contribution in [3.63, 3.8) is 0 Å². The van der Waals surface area contributed by atoms with Gasteiger partial charge in [0.2, 0.25) is 17.7 Å². The van der Waals surface area contributed by atoms with Gasteiger partial charge in [-0.3, -0.25) is 19.3 Å². The van der Waals surface area contributed by atoms with E-state index in [2.05, 4.69) is 5.32 Å². The van der Waals surface area contributed by atoms with Crippen LogP contribution >= 0.6 is 11.6 Å². The van der Waals surface area contributed by atoms with E-state index in [1.165, 1.54) is 4.90 Å². The molecule has 3 aliphatic rings. The maximum atomic E-state index is 13.8. The van der Waals surface area contributed by atoms with Gasteiger partial charge in [0.15, 0.2) is 0 Å². The van der Waals surface area contributed by atoms with Crippen molar-refractivity contribution in [1.82, 2.24) is 4.90 Å². The quantitative estimate of drug-likeness (QED) is 0.530. The fraction of sp³-hybridized carbons (Fsp3) is 0.207. The van der Waals surface area contributed by atoms with Crippen molar-refractivity contribution in [3.8, 4) is 0 Å². The third kappa shape index (κ3) is 3.69. The van der Waals surface area contributed by atoms with Crippen LogP contribution in [-0.2, 0) is 20.8 Å². The number of nitrogens with one attached hydrogen (secondary N) is 1. The highest BCUT2D eigenvalue weighted by molar-refractivity contribution is 6.30. The molecular weight excluding hydrogens is 474 g/mol. The minimum atomic E-state index is -0.819. The minimum absolute atomic E-state index is 0.207. The summed E-state index contributed by atoms with van der Waals surface area (Å²) in [4.78, 5) is 44.5. The summed E-state index contributed by atoms with van der Waals surface area (Å²) in [5.41, 5.74) is 3.45. The van der Waals surface area contributed by atoms with Crippen LogP contribution in [0.25, 0.3) is 6.08 Å². The number of rotatable bonds is 5. The molecule has 7 heteroatoms. The smallest absolute Gasteiger partial charge is 0.247 e. The number of nitrogens with zero attached hydrogens (tertiary/aromatic N) is 2. The number of hydrogen-bond donors (Lipinski definition) is 1. The van der Waals surface area contributed by atoms with Crippen LogP contribution in [0.3, 0.4) is 0 Å². The van der Waals surface area contributed by atoms with Crippen LogP contribution in [0, 0.1) is 11.8 Å². The second kappa shape index (κ2) is 8.95. The van der Waals surface area contributed by atoms with Crippen LogP contribution in [0.5, 0.6) is 0 Å². The average molecular weight is 498 g/mol. The summed E-state index contributed by atoms with van der Waals surface area (Å²) in [5.74, 6) is -2.18. The SMILES string of the molecule is O=C(Nc1ccc(Cl)cc1)[C@@H]1[C@@H]2C(=O)N(CCc3ccccc3)C(=O)[C@@H]2[C@@H]2C=Cc3ccccc3N12. The summed E-state index contributed by atoms with van der Waals surface area (Å²) >= 11 is 6.00. The van der Waals surface area contributed by atoms with Gasteiger partial charge in [-0.25, -0.2) is 0 Å². The van der Waals surface area contributed by atoms with Gasteiger partial charge in [-0.2, -0.15) is 0 Å². The average Bonchev–Trinajstić information content (AvgIpc) is 3.37. The molecule has 0 aliphatic carbocycles. The van der Waals surface area contributed by atoms with Crippen LogP contribution in [0.4, 0.5) is 11.4 Å². The van der Waals surface area contributed by atoms with Crippen LogP contribution < -0.4 is 10.2 Å². The van der Waals surface area contributed by atoms with E-state index >= 15 is 0 Å². The monoisotopic (exact) mass is 497 g/mol. The normalized spacial score (nSPS) is 23.9. The first-order chi connectivity index (χ1) is 17.5. The van der Waals surface area contributed by atoms with Crippen LogP contribution in [0.1, 0.15) is 11.1 Å². The Morgan fingerprint density at radius 1 is 0.861 bits per heavy atom. The molecule has 6 rings (SSSR count). The fourth-order valence-electron chi connectivity index (χ4n) is 5.73. The van der Waals surface area contributed by atoms with Gasteiger partial charge in [0, 0.05) is 22.9 Å². The van der Waals surface area contributed by atoms with Crippen molar-refractivity contribution < 1.29 is 14.4 Å². The molecule has 2 fully saturated rings. The van der Waals surface area contributed by atoms with Crippen molar-refractivity contribution in [2.24, 2.45) is 11.8 Å². The molecule has 4 atom stereocenters. The van der Waals surface area contributed by atoms with E-state index in [9.17, 15) is 14.4 Å². The first-order valence-corrected chi connectivity index (χ1v) is 12.4. The largest absolute Gasteiger partial charge is 0.351 e. The molecule has 3 amide bonds. The minimum Gasteiger partial charge on any atom is -0.351 e. The molecule has 2 saturated heterocycles. The number of likely N-dealkylation sites (tertiary alicyclic amines) is 1. The topological polar surface area (TPSA) is 69.7 Å². The zero-order chi connectivity index (χ0) is 24.8. The van der Waals surface area contributed by atoms with Crippen molar-refractivity contribution in [1.29, 1.82) is 0 Å². The van der Waals surface area contributed by atoms with Gasteiger partial charge < -0.3 is 10.2 Å². The van der Waals surface area contributed by atoms with Crippen molar-refractivity contribution >= 4 is 46.8 Å². The first-order valence-electron chi connectivity index (χ1n) is 12.0. The third-order valence-electron chi connectivity index (χ3n) is 7.35. The molecular formula is C29H24ClN3O3. The van der Waals surface area contributed by atoms with E-state index in [-0.39, 0.29) is 23.8 Å². The van der Waals surface area contributed by atoms with Gasteiger partial charge in [-0.1, -0.05) is 72.3 Å². The molecule has 6 nitrogen and oxygen atoms in total. The number of amides is 3. The Bertz CT molecular complexity index is 1370. The predicted molar refractivity (Wildman–Crippen MR) is 139 cm³/mol. The summed E-state index contributed by atoms with van der Waals surface area (Å²) in [5, 5.41) is 3.51. The van der Waals surface area contributed by atoms with Gasteiger partial charge in [-0.05, 0) is 47.9 Å². The van der Waals surface area contributed by atoms with E-state index in [0.717, 1.165) is 16.8 Å². The van der Waals surface area contributed by atoms with Crippen LogP contribution in [0.2, 0.25) is 5.02 Å². The lowest BCUT2D eigenvalue weighted by Gasteiger charge is -2.36. The highest BCUT2D eigenvalue weighted by Gasteiger charge is 2.63. The molecule has 36 heavy (non-hydrogen) atoms. The zero-order valence-electron chi connectivity index (χ0n) is 19.4. The number of carbonyl (C=O) groups excluding carboxylic acids is 3. The fourth-order valence-corrected chi connectivity index (χ4v) is 5.86. The molecule has 3 aliphatic heterocycles. The second-order valence-corrected chi connectivity index (χ2v) is 9.81. The lowest BCUT2D eigenvalue weighted by Crippen LogP contribution is -2.50. The molecule has 3 aromatic carbocycles. The number of anilines is 2. The highest BCUT2D eigenvalue weighted by Crippen LogP contribution is 2.48. The molecule has 1 N–H and O–H groups in total. The summed E-state index contributed by atoms with van der Waals surface area (Å²) < 4.78 is 0. The molecule has 0 spiro atoms. The van der Waals surface area contributed by atoms with Gasteiger partial charge in [0.25, 0.3) is 0 Å². The summed E-state index contributed by atoms with van der Waals surface area (Å²) in [6, 6.07) is 23.2. The molecule has 3 aromatic rings. The van der Waals surface area contributed by atoms with E-state index in [0.29, 0.717) is 23.7 Å². The van der Waals surface area contributed by atoms with Crippen molar-refractivity contribution in [2.75, 3.05) is 16.8 Å². The van der Waals surface area contributed by atoms with E-state index in [1.54, 1.807) is 24.3 Å². The molecule has 0 radical (unpaired) electrons. The molecule has 0 unspecified atom stereocenters. The number of para-hydroxylation sites is 1. The Hall–Kier alpha value is -3.90. The van der Waals surface area contributed by atoms with Crippen LogP contribution in [-0.4, -0.2) is 41.2 Å². The third-order valence-corrected chi connectivity index (χ3v) is 7.61. The number of imide groups is 1. The first kappa shape index (κ1) is 22.6. The van der Waals surface area contributed by atoms with Crippen molar-refractivity contribution in [2.45, 2.75) is 18.5 Å². The molecule has 3 heterocycles. The Morgan fingerprint density at radius 3 is 2.33 bits per heavy atom. The Balaban J connectivity index is 1.35. The maximum absolute atomic E-state index is 13.8. The molecule has 0 saturated carbocycles. The summed E-state index contributed by atoms with van der Waals surface area (Å²) in [6.45, 7) is 0.299. The Morgan fingerprint density at radius 2 is 1.56 bits per heavy atom. The number of carbonyl (C=O) groups is 3. The predicted octanol–water partition coefficient (Wildman–Crippen LogP) is 4.41. The highest BCUT2D eigenvalue weighted by atomic mass is 35.5. The Kier molecular flexibility index (Phi) is 5.61. The van der Waals surface area contributed by atoms with Gasteiger partial charge in [0.05, 0.1) is 17.9 Å². The van der Waals surface area contributed by atoms with E-state index in [1.807, 2.05) is 71.6 Å². The number of halogens is 1. The lowest BCUT2D eigenvalue weighted by molar-refractivity contribution is -0.141. The summed E-state index contributed by atoms with van der Waals surface area (Å²) in [7, 11) is 0. The maximum Gasteiger partial charge on any atom is 0.247 e. The summed E-state index contributed by atoms with van der Waals surface area (Å²) in [6.07, 6.45) is 4.52. The second-order valence-electron chi connectivity index (χ2n) is 9.37. The van der Waals surface area contributed by atoms with Gasteiger partial charge >= 0.3 is 0 Å². The van der Waals surface area contributed by atoms with E-state index < -0.39 is 17.9 Å². The number of benzene rings is 3. The zero-order valence-corrected chi connectivity index (χ0v) is 20.1. The molecule has 180 valence electrons. The lowest BCUT2D eigenvalue weighted by atomic mass is 9.88. The Labute approximate surface area is 214 Å². The standard InChI is InChI=1S/C29H24ClN3O3/c30-20-11-13-21(14-12-20)31-27(34)26-25-24(23-15-10-19-8-4-5-9-22(19)33(23)26)28(35)32(29(25)36)17-16-18-6-2-1-3-7-18/h1-15,23-26H,16-17H2,(H,31,34)/t23-,24+,25+,26-/m0/s1. The van der Waals surface area contributed by atoms with Gasteiger partial charge in [-0.15, -0.1) is 0 Å². The van der Waals surface area contributed by atoms with E-state index in [4.69, 9.17) is 11.6 Å². The number of fused-ring (bicyclic) bond motifs is 5. The van der Waals surface area contributed by atoms with Crippen molar-refractivity contribution in [3.05, 3.63) is 101 Å². The van der Waals surface area contributed by atoms with Gasteiger partial charge in [0.1, 0.15) is 6.04 Å². The van der Waals surface area contributed by atoms with Crippen LogP contribution in [0.15, 0.2) is 84.9 Å². The molecule has 0 bridgehead atoms. The molecule has 0 aromatic heterocycles.